The molecule has 1 saturated heterocycles. The molecule has 1 fully saturated rings. The summed E-state index contributed by atoms with van der Waals surface area (Å²) in [6.07, 6.45) is 1.57. The van der Waals surface area contributed by atoms with Crippen LogP contribution in [0.25, 0.3) is 0 Å². The van der Waals surface area contributed by atoms with Gasteiger partial charge >= 0.3 is 0 Å². The quantitative estimate of drug-likeness (QED) is 0.854. The first-order valence-electron chi connectivity index (χ1n) is 6.80. The van der Waals surface area contributed by atoms with E-state index in [0.717, 1.165) is 51.3 Å². The summed E-state index contributed by atoms with van der Waals surface area (Å²) >= 11 is 0. The van der Waals surface area contributed by atoms with Crippen LogP contribution in [0, 0.1) is 11.6 Å². The van der Waals surface area contributed by atoms with Crippen molar-refractivity contribution in [2.24, 2.45) is 5.73 Å². The highest BCUT2D eigenvalue weighted by Crippen LogP contribution is 2.20. The van der Waals surface area contributed by atoms with Crippen LogP contribution < -0.4 is 11.1 Å². The van der Waals surface area contributed by atoms with Crippen LogP contribution in [0.1, 0.15) is 24.4 Å². The monoisotopic (exact) mass is 269 g/mol. The van der Waals surface area contributed by atoms with Crippen molar-refractivity contribution in [3.8, 4) is 0 Å². The molecule has 3 N–H and O–H groups in total. The fourth-order valence-corrected chi connectivity index (χ4v) is 2.42. The minimum absolute atomic E-state index is 0.278. The molecular formula is C14H21F2N3. The van der Waals surface area contributed by atoms with E-state index in [0.29, 0.717) is 6.42 Å². The van der Waals surface area contributed by atoms with Crippen molar-refractivity contribution in [3.63, 3.8) is 0 Å². The lowest BCUT2D eigenvalue weighted by molar-refractivity contribution is 0.234. The second-order valence-corrected chi connectivity index (χ2v) is 5.01. The Morgan fingerprint density at radius 1 is 1.26 bits per heavy atom. The molecule has 0 aromatic heterocycles. The molecule has 0 amide bonds. The smallest absolute Gasteiger partial charge is 0.128 e. The lowest BCUT2D eigenvalue weighted by atomic mass is 10.0. The Morgan fingerprint density at radius 3 is 2.74 bits per heavy atom. The number of hydrogen-bond donors (Lipinski definition) is 2. The molecule has 1 aliphatic rings. The predicted octanol–water partition coefficient (Wildman–Crippen LogP) is 1.65. The van der Waals surface area contributed by atoms with Crippen LogP contribution >= 0.6 is 0 Å². The zero-order valence-corrected chi connectivity index (χ0v) is 11.0. The summed E-state index contributed by atoms with van der Waals surface area (Å²) in [6, 6.07) is 3.02. The van der Waals surface area contributed by atoms with Gasteiger partial charge in [-0.15, -0.1) is 0 Å². The van der Waals surface area contributed by atoms with Gasteiger partial charge in [0.15, 0.2) is 0 Å². The predicted molar refractivity (Wildman–Crippen MR) is 71.8 cm³/mol. The SMILES string of the molecule is NC(CCCN1CCNCC1)c1cc(F)ccc1F. The fourth-order valence-electron chi connectivity index (χ4n) is 2.42. The average molecular weight is 269 g/mol. The number of nitrogens with two attached hydrogens (primary N) is 1. The number of benzene rings is 1. The fraction of sp³-hybridized carbons (Fsp3) is 0.571. The zero-order valence-electron chi connectivity index (χ0n) is 11.0. The van der Waals surface area contributed by atoms with E-state index in [2.05, 4.69) is 10.2 Å². The van der Waals surface area contributed by atoms with E-state index in [4.69, 9.17) is 5.73 Å². The van der Waals surface area contributed by atoms with Gasteiger partial charge in [-0.1, -0.05) is 0 Å². The number of nitrogens with one attached hydrogen (secondary N) is 1. The summed E-state index contributed by atoms with van der Waals surface area (Å²) < 4.78 is 26.6. The second kappa shape index (κ2) is 6.93. The standard InChI is InChI=1S/C14H21F2N3/c15-11-3-4-13(16)12(10-11)14(17)2-1-7-19-8-5-18-6-9-19/h3-4,10,14,18H,1-2,5-9,17H2. The zero-order chi connectivity index (χ0) is 13.7. The highest BCUT2D eigenvalue weighted by molar-refractivity contribution is 5.21. The van der Waals surface area contributed by atoms with E-state index in [1.807, 2.05) is 0 Å². The lowest BCUT2D eigenvalue weighted by Crippen LogP contribution is -2.43. The van der Waals surface area contributed by atoms with Crippen molar-refractivity contribution in [1.82, 2.24) is 10.2 Å². The Kier molecular flexibility index (Phi) is 5.24. The van der Waals surface area contributed by atoms with Crippen molar-refractivity contribution in [1.29, 1.82) is 0 Å². The maximum Gasteiger partial charge on any atom is 0.128 e. The van der Waals surface area contributed by atoms with Crippen LogP contribution in [0.2, 0.25) is 0 Å². The van der Waals surface area contributed by atoms with E-state index >= 15 is 0 Å². The molecule has 1 aromatic rings. The number of rotatable bonds is 5. The van der Waals surface area contributed by atoms with Gasteiger partial charge in [0, 0.05) is 37.8 Å². The first-order chi connectivity index (χ1) is 9.16. The van der Waals surface area contributed by atoms with Crippen LogP contribution in [0.5, 0.6) is 0 Å². The molecule has 2 rings (SSSR count). The maximum absolute atomic E-state index is 13.5. The van der Waals surface area contributed by atoms with Gasteiger partial charge in [-0.05, 0) is 37.6 Å². The van der Waals surface area contributed by atoms with E-state index < -0.39 is 17.7 Å². The third kappa shape index (κ3) is 4.23. The molecular weight excluding hydrogens is 248 g/mol. The third-order valence-electron chi connectivity index (χ3n) is 3.56. The van der Waals surface area contributed by atoms with Gasteiger partial charge in [0.2, 0.25) is 0 Å². The molecule has 106 valence electrons. The Bertz CT molecular complexity index is 406. The van der Waals surface area contributed by atoms with Gasteiger partial charge in [-0.2, -0.15) is 0 Å². The van der Waals surface area contributed by atoms with E-state index in [9.17, 15) is 8.78 Å². The van der Waals surface area contributed by atoms with Crippen LogP contribution in [0.3, 0.4) is 0 Å². The molecule has 1 unspecified atom stereocenters. The Morgan fingerprint density at radius 2 is 2.00 bits per heavy atom. The Hall–Kier alpha value is -1.04. The van der Waals surface area contributed by atoms with Gasteiger partial charge < -0.3 is 16.0 Å². The number of hydrogen-bond acceptors (Lipinski definition) is 3. The molecule has 0 radical (unpaired) electrons. The minimum Gasteiger partial charge on any atom is -0.324 e. The summed E-state index contributed by atoms with van der Waals surface area (Å²) in [5.74, 6) is -0.856. The summed E-state index contributed by atoms with van der Waals surface area (Å²) in [5.41, 5.74) is 6.22. The van der Waals surface area contributed by atoms with Crippen molar-refractivity contribution in [2.45, 2.75) is 18.9 Å². The van der Waals surface area contributed by atoms with Crippen LogP contribution in [0.4, 0.5) is 8.78 Å². The van der Waals surface area contributed by atoms with Crippen molar-refractivity contribution in [3.05, 3.63) is 35.4 Å². The van der Waals surface area contributed by atoms with Gasteiger partial charge in [-0.3, -0.25) is 0 Å². The molecule has 0 aliphatic carbocycles. The minimum atomic E-state index is -0.436. The lowest BCUT2D eigenvalue weighted by Gasteiger charge is -2.27. The Balaban J connectivity index is 1.80. The molecule has 1 atom stereocenters. The Labute approximate surface area is 112 Å². The average Bonchev–Trinajstić information content (AvgIpc) is 2.42. The molecule has 1 aliphatic heterocycles. The van der Waals surface area contributed by atoms with Crippen molar-refractivity contribution < 1.29 is 8.78 Å². The van der Waals surface area contributed by atoms with Crippen molar-refractivity contribution in [2.75, 3.05) is 32.7 Å². The van der Waals surface area contributed by atoms with Crippen molar-refractivity contribution >= 4 is 0 Å². The molecule has 1 heterocycles. The van der Waals surface area contributed by atoms with E-state index in [1.54, 1.807) is 0 Å². The largest absolute Gasteiger partial charge is 0.324 e. The third-order valence-corrected chi connectivity index (χ3v) is 3.56. The summed E-state index contributed by atoms with van der Waals surface area (Å²) in [6.45, 7) is 5.09. The molecule has 0 bridgehead atoms. The topological polar surface area (TPSA) is 41.3 Å². The van der Waals surface area contributed by atoms with E-state index in [-0.39, 0.29) is 5.56 Å². The molecule has 5 heteroatoms. The first kappa shape index (κ1) is 14.4. The van der Waals surface area contributed by atoms with Crippen LogP contribution in [-0.4, -0.2) is 37.6 Å². The normalized spacial score (nSPS) is 18.5. The highest BCUT2D eigenvalue weighted by atomic mass is 19.1. The summed E-state index contributed by atoms with van der Waals surface area (Å²) in [4.78, 5) is 2.37. The maximum atomic E-state index is 13.5. The molecule has 1 aromatic carbocycles. The number of nitrogens with zero attached hydrogens (tertiary/aromatic N) is 1. The van der Waals surface area contributed by atoms with Crippen LogP contribution in [-0.2, 0) is 0 Å². The van der Waals surface area contributed by atoms with Gasteiger partial charge in [0.25, 0.3) is 0 Å². The molecule has 0 saturated carbocycles. The summed E-state index contributed by atoms with van der Waals surface area (Å²) in [7, 11) is 0. The number of piperazine rings is 1. The van der Waals surface area contributed by atoms with Gasteiger partial charge in [-0.25, -0.2) is 8.78 Å². The molecule has 19 heavy (non-hydrogen) atoms. The molecule has 3 nitrogen and oxygen atoms in total. The number of halogens is 2. The van der Waals surface area contributed by atoms with Gasteiger partial charge in [0.1, 0.15) is 11.6 Å². The summed E-state index contributed by atoms with van der Waals surface area (Å²) in [5, 5.41) is 3.30. The highest BCUT2D eigenvalue weighted by Gasteiger charge is 2.14. The first-order valence-corrected chi connectivity index (χ1v) is 6.80. The van der Waals surface area contributed by atoms with Crippen LogP contribution in [0.15, 0.2) is 18.2 Å². The van der Waals surface area contributed by atoms with E-state index in [1.165, 1.54) is 6.07 Å². The molecule has 0 spiro atoms. The van der Waals surface area contributed by atoms with Gasteiger partial charge in [0.05, 0.1) is 0 Å². The second-order valence-electron chi connectivity index (χ2n) is 5.01.